The van der Waals surface area contributed by atoms with Crippen molar-refractivity contribution in [3.8, 4) is 5.75 Å². The second-order valence-corrected chi connectivity index (χ2v) is 5.09. The van der Waals surface area contributed by atoms with E-state index in [1.165, 1.54) is 24.8 Å². The second kappa shape index (κ2) is 8.15. The largest absolute Gasteiger partial charge is 0.497 e. The van der Waals surface area contributed by atoms with E-state index in [0.29, 0.717) is 6.04 Å². The highest BCUT2D eigenvalue weighted by molar-refractivity contribution is 5.28. The Balaban J connectivity index is 2.46. The first-order valence-corrected chi connectivity index (χ1v) is 7.05. The summed E-state index contributed by atoms with van der Waals surface area (Å²) in [4.78, 5) is 0. The Morgan fingerprint density at radius 1 is 1.22 bits per heavy atom. The van der Waals surface area contributed by atoms with Crippen LogP contribution in [-0.4, -0.2) is 13.2 Å². The third-order valence-corrected chi connectivity index (χ3v) is 3.61. The lowest BCUT2D eigenvalue weighted by Crippen LogP contribution is -2.29. The van der Waals surface area contributed by atoms with Crippen molar-refractivity contribution in [2.75, 3.05) is 7.11 Å². The summed E-state index contributed by atoms with van der Waals surface area (Å²) in [5, 5.41) is 3.65. The highest BCUT2D eigenvalue weighted by Crippen LogP contribution is 2.15. The molecule has 1 N–H and O–H groups in total. The van der Waals surface area contributed by atoms with Gasteiger partial charge in [-0.15, -0.1) is 0 Å². The molecule has 0 saturated carbocycles. The van der Waals surface area contributed by atoms with Gasteiger partial charge in [-0.25, -0.2) is 0 Å². The Hall–Kier alpha value is -1.02. The zero-order valence-electron chi connectivity index (χ0n) is 12.2. The molecule has 0 amide bonds. The first kappa shape index (κ1) is 15.0. The van der Waals surface area contributed by atoms with Crippen molar-refractivity contribution < 1.29 is 4.74 Å². The number of ether oxygens (including phenoxy) is 1. The summed E-state index contributed by atoms with van der Waals surface area (Å²) in [5.41, 5.74) is 1.29. The molecule has 0 bridgehead atoms. The molecule has 0 spiro atoms. The minimum Gasteiger partial charge on any atom is -0.497 e. The van der Waals surface area contributed by atoms with Gasteiger partial charge in [0.1, 0.15) is 5.75 Å². The topological polar surface area (TPSA) is 21.3 Å². The highest BCUT2D eigenvalue weighted by Gasteiger charge is 2.09. The van der Waals surface area contributed by atoms with Crippen LogP contribution in [0.2, 0.25) is 0 Å². The van der Waals surface area contributed by atoms with Crippen LogP contribution in [0.25, 0.3) is 0 Å². The first-order chi connectivity index (χ1) is 8.69. The number of nitrogens with one attached hydrogen (secondary N) is 1. The highest BCUT2D eigenvalue weighted by atomic mass is 16.5. The fraction of sp³-hybridized carbons (Fsp3) is 0.625. The summed E-state index contributed by atoms with van der Waals surface area (Å²) in [6.07, 6.45) is 3.71. The lowest BCUT2D eigenvalue weighted by molar-refractivity contribution is 0.383. The standard InChI is InChI=1S/C16H27NO/c1-5-13(3)10-15(6-2)17-12-14-8-7-9-16(11-14)18-4/h7-9,11,13,15,17H,5-6,10,12H2,1-4H3. The van der Waals surface area contributed by atoms with Crippen LogP contribution in [0.4, 0.5) is 0 Å². The van der Waals surface area contributed by atoms with Crippen molar-refractivity contribution in [2.24, 2.45) is 5.92 Å². The average Bonchev–Trinajstić information content (AvgIpc) is 2.43. The molecule has 2 heteroatoms. The van der Waals surface area contributed by atoms with Crippen molar-refractivity contribution in [1.29, 1.82) is 0 Å². The minimum atomic E-state index is 0.617. The zero-order valence-corrected chi connectivity index (χ0v) is 12.2. The number of hydrogen-bond acceptors (Lipinski definition) is 2. The van der Waals surface area contributed by atoms with Gasteiger partial charge >= 0.3 is 0 Å². The molecule has 2 atom stereocenters. The van der Waals surface area contributed by atoms with Crippen molar-refractivity contribution in [1.82, 2.24) is 5.32 Å². The molecule has 18 heavy (non-hydrogen) atoms. The van der Waals surface area contributed by atoms with Gasteiger partial charge in [-0.2, -0.15) is 0 Å². The molecule has 1 aromatic rings. The maximum absolute atomic E-state index is 5.24. The molecule has 0 saturated heterocycles. The van der Waals surface area contributed by atoms with Gasteiger partial charge in [-0.05, 0) is 36.5 Å². The SMILES string of the molecule is CCC(C)CC(CC)NCc1cccc(OC)c1. The van der Waals surface area contributed by atoms with E-state index in [1.54, 1.807) is 7.11 Å². The van der Waals surface area contributed by atoms with E-state index in [-0.39, 0.29) is 0 Å². The third kappa shape index (κ3) is 5.09. The van der Waals surface area contributed by atoms with Crippen LogP contribution in [0.15, 0.2) is 24.3 Å². The fourth-order valence-corrected chi connectivity index (χ4v) is 2.09. The molecule has 0 aliphatic carbocycles. The second-order valence-electron chi connectivity index (χ2n) is 5.09. The van der Waals surface area contributed by atoms with Gasteiger partial charge in [0.05, 0.1) is 7.11 Å². The Kier molecular flexibility index (Phi) is 6.81. The van der Waals surface area contributed by atoms with Crippen molar-refractivity contribution in [2.45, 2.75) is 52.6 Å². The Morgan fingerprint density at radius 3 is 2.61 bits per heavy atom. The first-order valence-electron chi connectivity index (χ1n) is 7.05. The van der Waals surface area contributed by atoms with E-state index in [9.17, 15) is 0 Å². The Morgan fingerprint density at radius 2 is 2.00 bits per heavy atom. The lowest BCUT2D eigenvalue weighted by atomic mass is 9.97. The monoisotopic (exact) mass is 249 g/mol. The molecule has 0 radical (unpaired) electrons. The Bertz CT molecular complexity index is 338. The minimum absolute atomic E-state index is 0.617. The lowest BCUT2D eigenvalue weighted by Gasteiger charge is -2.20. The van der Waals surface area contributed by atoms with Gasteiger partial charge in [0.25, 0.3) is 0 Å². The summed E-state index contributed by atoms with van der Waals surface area (Å²) in [6, 6.07) is 8.89. The maximum Gasteiger partial charge on any atom is 0.119 e. The van der Waals surface area contributed by atoms with E-state index < -0.39 is 0 Å². The number of hydrogen-bond donors (Lipinski definition) is 1. The molecule has 0 aliphatic heterocycles. The van der Waals surface area contributed by atoms with Crippen LogP contribution in [0.5, 0.6) is 5.75 Å². The molecular formula is C16H27NO. The molecule has 0 heterocycles. The third-order valence-electron chi connectivity index (χ3n) is 3.61. The summed E-state index contributed by atoms with van der Waals surface area (Å²) in [5.74, 6) is 1.73. The molecule has 1 rings (SSSR count). The normalized spacial score (nSPS) is 14.2. The van der Waals surface area contributed by atoms with Gasteiger partial charge in [-0.1, -0.05) is 39.3 Å². The van der Waals surface area contributed by atoms with Gasteiger partial charge in [0, 0.05) is 12.6 Å². The van der Waals surface area contributed by atoms with Crippen LogP contribution in [0.1, 0.15) is 45.6 Å². The predicted molar refractivity (Wildman–Crippen MR) is 78.0 cm³/mol. The quantitative estimate of drug-likeness (QED) is 0.752. The summed E-state index contributed by atoms with van der Waals surface area (Å²) in [7, 11) is 1.71. The molecule has 0 aliphatic rings. The van der Waals surface area contributed by atoms with E-state index in [0.717, 1.165) is 18.2 Å². The van der Waals surface area contributed by atoms with Crippen LogP contribution < -0.4 is 10.1 Å². The summed E-state index contributed by atoms with van der Waals surface area (Å²) in [6.45, 7) is 7.77. The molecule has 1 aromatic carbocycles. The molecule has 0 fully saturated rings. The van der Waals surface area contributed by atoms with Crippen molar-refractivity contribution >= 4 is 0 Å². The molecule has 102 valence electrons. The summed E-state index contributed by atoms with van der Waals surface area (Å²) >= 11 is 0. The smallest absolute Gasteiger partial charge is 0.119 e. The molecule has 2 unspecified atom stereocenters. The fourth-order valence-electron chi connectivity index (χ4n) is 2.09. The molecule has 2 nitrogen and oxygen atoms in total. The van der Waals surface area contributed by atoms with Crippen LogP contribution >= 0.6 is 0 Å². The van der Waals surface area contributed by atoms with Crippen LogP contribution in [-0.2, 0) is 6.54 Å². The van der Waals surface area contributed by atoms with Crippen molar-refractivity contribution in [3.05, 3.63) is 29.8 Å². The zero-order chi connectivity index (χ0) is 13.4. The van der Waals surface area contributed by atoms with E-state index >= 15 is 0 Å². The molecule has 0 aromatic heterocycles. The summed E-state index contributed by atoms with van der Waals surface area (Å²) < 4.78 is 5.24. The Labute approximate surface area is 112 Å². The predicted octanol–water partition coefficient (Wildman–Crippen LogP) is 4.00. The van der Waals surface area contributed by atoms with Gasteiger partial charge in [0.15, 0.2) is 0 Å². The average molecular weight is 249 g/mol. The van der Waals surface area contributed by atoms with Crippen molar-refractivity contribution in [3.63, 3.8) is 0 Å². The van der Waals surface area contributed by atoms with Gasteiger partial charge < -0.3 is 10.1 Å². The van der Waals surface area contributed by atoms with Gasteiger partial charge in [-0.3, -0.25) is 0 Å². The number of methoxy groups -OCH3 is 1. The molecular weight excluding hydrogens is 222 g/mol. The van der Waals surface area contributed by atoms with E-state index in [1.807, 2.05) is 12.1 Å². The van der Waals surface area contributed by atoms with Crippen LogP contribution in [0.3, 0.4) is 0 Å². The van der Waals surface area contributed by atoms with Gasteiger partial charge in [0.2, 0.25) is 0 Å². The van der Waals surface area contributed by atoms with E-state index in [4.69, 9.17) is 4.74 Å². The maximum atomic E-state index is 5.24. The number of rotatable bonds is 8. The van der Waals surface area contributed by atoms with Crippen LogP contribution in [0, 0.1) is 5.92 Å². The van der Waals surface area contributed by atoms with E-state index in [2.05, 4.69) is 38.2 Å². The number of benzene rings is 1.